The fourth-order valence-electron chi connectivity index (χ4n) is 2.10. The molecule has 6 heteroatoms. The van der Waals surface area contributed by atoms with Crippen LogP contribution in [0.15, 0.2) is 18.6 Å². The first-order valence-corrected chi connectivity index (χ1v) is 6.09. The van der Waals surface area contributed by atoms with Gasteiger partial charge in [-0.2, -0.15) is 0 Å². The summed E-state index contributed by atoms with van der Waals surface area (Å²) >= 11 is 0. The quantitative estimate of drug-likeness (QED) is 0.770. The van der Waals surface area contributed by atoms with E-state index in [1.165, 1.54) is 0 Å². The summed E-state index contributed by atoms with van der Waals surface area (Å²) in [6.07, 6.45) is 3.27. The van der Waals surface area contributed by atoms with Crippen molar-refractivity contribution in [3.8, 4) is 0 Å². The summed E-state index contributed by atoms with van der Waals surface area (Å²) in [5, 5.41) is 3.26. The number of carbonyl (C=O) groups excluding carboxylic acids is 1. The minimum absolute atomic E-state index is 0.108. The molecule has 1 aliphatic heterocycles. The van der Waals surface area contributed by atoms with E-state index in [0.29, 0.717) is 13.1 Å². The molecule has 1 atom stereocenters. The lowest BCUT2D eigenvalue weighted by molar-refractivity contribution is -0.135. The number of likely N-dealkylation sites (N-methyl/N-ethyl adjacent to an activating group) is 1. The predicted molar refractivity (Wildman–Crippen MR) is 67.8 cm³/mol. The fourth-order valence-corrected chi connectivity index (χ4v) is 2.10. The Morgan fingerprint density at radius 3 is 3.11 bits per heavy atom. The van der Waals surface area contributed by atoms with Gasteiger partial charge in [-0.3, -0.25) is 9.69 Å². The van der Waals surface area contributed by atoms with Crippen LogP contribution >= 0.6 is 0 Å². The Morgan fingerprint density at radius 1 is 1.61 bits per heavy atom. The highest BCUT2D eigenvalue weighted by Gasteiger charge is 2.29. The molecule has 0 radical (unpaired) electrons. The topological polar surface area (TPSA) is 61.4 Å². The van der Waals surface area contributed by atoms with E-state index >= 15 is 0 Å². The van der Waals surface area contributed by atoms with Crippen LogP contribution in [0.3, 0.4) is 0 Å². The smallest absolute Gasteiger partial charge is 0.240 e. The van der Waals surface area contributed by atoms with Gasteiger partial charge >= 0.3 is 0 Å². The summed E-state index contributed by atoms with van der Waals surface area (Å²) in [5.74, 6) is 0.135. The van der Waals surface area contributed by atoms with E-state index in [0.717, 1.165) is 18.8 Å². The van der Waals surface area contributed by atoms with Crippen LogP contribution < -0.4 is 5.32 Å². The minimum Gasteiger partial charge on any atom is -0.347 e. The highest BCUT2D eigenvalue weighted by Crippen LogP contribution is 2.10. The number of rotatable bonds is 3. The van der Waals surface area contributed by atoms with Crippen LogP contribution in [-0.2, 0) is 11.3 Å². The molecule has 0 saturated carbocycles. The second-order valence-corrected chi connectivity index (χ2v) is 4.62. The molecule has 1 unspecified atom stereocenters. The molecular weight excluding hydrogens is 230 g/mol. The van der Waals surface area contributed by atoms with Crippen molar-refractivity contribution in [1.82, 2.24) is 25.1 Å². The molecule has 1 N–H and O–H groups in total. The van der Waals surface area contributed by atoms with Gasteiger partial charge in [0.25, 0.3) is 0 Å². The second-order valence-electron chi connectivity index (χ2n) is 4.62. The maximum Gasteiger partial charge on any atom is 0.240 e. The Hall–Kier alpha value is -1.53. The van der Waals surface area contributed by atoms with Crippen molar-refractivity contribution >= 4 is 5.91 Å². The van der Waals surface area contributed by atoms with Crippen LogP contribution in [0.2, 0.25) is 0 Å². The third kappa shape index (κ3) is 3.02. The number of aromatic nitrogens is 2. The lowest BCUT2D eigenvalue weighted by atomic mass is 10.1. The molecule has 1 aromatic rings. The molecule has 0 aliphatic carbocycles. The van der Waals surface area contributed by atoms with Gasteiger partial charge in [-0.15, -0.1) is 0 Å². The fraction of sp³-hybridized carbons (Fsp3) is 0.583. The van der Waals surface area contributed by atoms with Gasteiger partial charge in [-0.05, 0) is 6.07 Å². The van der Waals surface area contributed by atoms with Gasteiger partial charge < -0.3 is 10.2 Å². The van der Waals surface area contributed by atoms with Crippen LogP contribution in [-0.4, -0.2) is 65.4 Å². The standard InChI is InChI=1S/C12H19N5O/c1-16(2)12(18)11-7-13-5-6-17(11)8-10-3-4-14-9-15-10/h3-4,9,11,13H,5-8H2,1-2H3. The molecule has 0 spiro atoms. The van der Waals surface area contributed by atoms with E-state index in [1.54, 1.807) is 31.5 Å². The normalized spacial score (nSPS) is 20.7. The molecule has 1 aliphatic rings. The first kappa shape index (κ1) is 12.9. The minimum atomic E-state index is -0.108. The highest BCUT2D eigenvalue weighted by molar-refractivity contribution is 5.81. The van der Waals surface area contributed by atoms with Crippen molar-refractivity contribution in [1.29, 1.82) is 0 Å². The number of piperazine rings is 1. The Morgan fingerprint density at radius 2 is 2.44 bits per heavy atom. The number of hydrogen-bond donors (Lipinski definition) is 1. The van der Waals surface area contributed by atoms with Crippen LogP contribution in [0.25, 0.3) is 0 Å². The lowest BCUT2D eigenvalue weighted by Gasteiger charge is -2.36. The van der Waals surface area contributed by atoms with Crippen LogP contribution in [0.4, 0.5) is 0 Å². The zero-order valence-corrected chi connectivity index (χ0v) is 10.8. The van der Waals surface area contributed by atoms with Gasteiger partial charge in [-0.1, -0.05) is 0 Å². The van der Waals surface area contributed by atoms with Crippen LogP contribution in [0.5, 0.6) is 0 Å². The van der Waals surface area contributed by atoms with Crippen molar-refractivity contribution in [2.75, 3.05) is 33.7 Å². The Bertz CT molecular complexity index is 395. The first-order chi connectivity index (χ1) is 8.68. The van der Waals surface area contributed by atoms with Gasteiger partial charge in [0.2, 0.25) is 5.91 Å². The summed E-state index contributed by atoms with van der Waals surface area (Å²) in [6.45, 7) is 3.15. The Kier molecular flexibility index (Phi) is 4.22. The average molecular weight is 249 g/mol. The molecule has 1 amide bonds. The summed E-state index contributed by atoms with van der Waals surface area (Å²) in [5.41, 5.74) is 0.948. The monoisotopic (exact) mass is 249 g/mol. The van der Waals surface area contributed by atoms with E-state index in [9.17, 15) is 4.79 Å². The molecule has 2 rings (SSSR count). The Balaban J connectivity index is 2.06. The number of hydrogen-bond acceptors (Lipinski definition) is 5. The highest BCUT2D eigenvalue weighted by atomic mass is 16.2. The van der Waals surface area contributed by atoms with Crippen molar-refractivity contribution < 1.29 is 4.79 Å². The number of amides is 1. The summed E-state index contributed by atoms with van der Waals surface area (Å²) in [7, 11) is 3.58. The lowest BCUT2D eigenvalue weighted by Crippen LogP contribution is -2.57. The molecule has 2 heterocycles. The van der Waals surface area contributed by atoms with E-state index in [2.05, 4.69) is 20.2 Å². The third-order valence-corrected chi connectivity index (χ3v) is 3.09. The molecule has 1 fully saturated rings. The van der Waals surface area contributed by atoms with E-state index in [4.69, 9.17) is 0 Å². The van der Waals surface area contributed by atoms with Gasteiger partial charge in [0.15, 0.2) is 0 Å². The Labute approximate surface area is 107 Å². The molecule has 6 nitrogen and oxygen atoms in total. The summed E-state index contributed by atoms with van der Waals surface area (Å²) in [4.78, 5) is 24.0. The molecular formula is C12H19N5O. The maximum atomic E-state index is 12.1. The molecule has 1 aromatic heterocycles. The molecule has 0 bridgehead atoms. The van der Waals surface area contributed by atoms with Gasteiger partial charge in [0.05, 0.1) is 5.69 Å². The summed E-state index contributed by atoms with van der Waals surface area (Å²) < 4.78 is 0. The number of nitrogens with one attached hydrogen (secondary N) is 1. The van der Waals surface area contributed by atoms with Crippen molar-refractivity contribution in [2.45, 2.75) is 12.6 Å². The van der Waals surface area contributed by atoms with Gasteiger partial charge in [0.1, 0.15) is 12.4 Å². The summed E-state index contributed by atoms with van der Waals surface area (Å²) in [6, 6.07) is 1.78. The molecule has 1 saturated heterocycles. The van der Waals surface area contributed by atoms with Crippen molar-refractivity contribution in [2.24, 2.45) is 0 Å². The molecule has 0 aromatic carbocycles. The predicted octanol–water partition coefficient (Wildman–Crippen LogP) is -0.661. The second kappa shape index (κ2) is 5.88. The third-order valence-electron chi connectivity index (χ3n) is 3.09. The van der Waals surface area contributed by atoms with Crippen LogP contribution in [0.1, 0.15) is 5.69 Å². The number of carbonyl (C=O) groups is 1. The van der Waals surface area contributed by atoms with E-state index < -0.39 is 0 Å². The maximum absolute atomic E-state index is 12.1. The average Bonchev–Trinajstić information content (AvgIpc) is 2.39. The van der Waals surface area contributed by atoms with Crippen LogP contribution in [0, 0.1) is 0 Å². The zero-order chi connectivity index (χ0) is 13.0. The van der Waals surface area contributed by atoms with E-state index in [-0.39, 0.29) is 11.9 Å². The SMILES string of the molecule is CN(C)C(=O)C1CNCCN1Cc1ccncn1. The van der Waals surface area contributed by atoms with Gasteiger partial charge in [0, 0.05) is 46.5 Å². The van der Waals surface area contributed by atoms with Crippen molar-refractivity contribution in [3.63, 3.8) is 0 Å². The molecule has 98 valence electrons. The number of nitrogens with zero attached hydrogens (tertiary/aromatic N) is 4. The molecule has 18 heavy (non-hydrogen) atoms. The zero-order valence-electron chi connectivity index (χ0n) is 10.8. The largest absolute Gasteiger partial charge is 0.347 e. The van der Waals surface area contributed by atoms with Gasteiger partial charge in [-0.25, -0.2) is 9.97 Å². The first-order valence-electron chi connectivity index (χ1n) is 6.09. The van der Waals surface area contributed by atoms with Crippen molar-refractivity contribution in [3.05, 3.63) is 24.3 Å². The van der Waals surface area contributed by atoms with E-state index in [1.807, 2.05) is 6.07 Å².